The Morgan fingerprint density at radius 2 is 1.74 bits per heavy atom. The maximum atomic E-state index is 13.9. The summed E-state index contributed by atoms with van der Waals surface area (Å²) in [5, 5.41) is 0. The number of carbonyl (C=O) groups excluding carboxylic acids is 1. The van der Waals surface area contributed by atoms with Crippen molar-refractivity contribution in [2.24, 2.45) is 23.2 Å². The minimum absolute atomic E-state index is 0.0267. The number of rotatable bonds is 9. The highest BCUT2D eigenvalue weighted by Crippen LogP contribution is 2.61. The lowest BCUT2D eigenvalue weighted by atomic mass is 9.49. The van der Waals surface area contributed by atoms with Crippen molar-refractivity contribution in [2.45, 2.75) is 57.9 Å². The molecule has 0 aliphatic heterocycles. The molecule has 4 aliphatic rings. The Bertz CT molecular complexity index is 1150. The standard InChI is InChI=1S/C27H36N4O4/c1-35-9-5-8-30(22(32)16-27-13-19-10-20(14-27)12-21(11-19)15-27)23-24(28)31(26(34)29-25(23)33)17-18-6-3-2-4-7-18/h2-4,6-7,19-21H,5,8-17,28H2,1H3,(H,29,33,34). The minimum atomic E-state index is -0.618. The van der Waals surface area contributed by atoms with Crippen LogP contribution in [0.5, 0.6) is 0 Å². The van der Waals surface area contributed by atoms with Crippen LogP contribution in [-0.2, 0) is 16.1 Å². The van der Waals surface area contributed by atoms with Crippen molar-refractivity contribution in [1.82, 2.24) is 9.55 Å². The maximum absolute atomic E-state index is 13.9. The van der Waals surface area contributed by atoms with E-state index in [1.54, 1.807) is 7.11 Å². The Morgan fingerprint density at radius 3 is 2.34 bits per heavy atom. The number of aromatic amines is 1. The van der Waals surface area contributed by atoms with E-state index in [1.807, 2.05) is 30.3 Å². The average Bonchev–Trinajstić information content (AvgIpc) is 2.80. The molecule has 4 saturated carbocycles. The molecule has 6 rings (SSSR count). The number of amides is 1. The molecule has 0 unspecified atom stereocenters. The van der Waals surface area contributed by atoms with Crippen LogP contribution in [0.3, 0.4) is 0 Å². The third-order valence-corrected chi connectivity index (χ3v) is 8.39. The molecule has 0 spiro atoms. The van der Waals surface area contributed by atoms with Gasteiger partial charge in [-0.05, 0) is 73.7 Å². The summed E-state index contributed by atoms with van der Waals surface area (Å²) < 4.78 is 6.55. The van der Waals surface area contributed by atoms with E-state index in [1.165, 1.54) is 28.7 Å². The lowest BCUT2D eigenvalue weighted by molar-refractivity contribution is -0.127. The summed E-state index contributed by atoms with van der Waals surface area (Å²) in [6.07, 6.45) is 8.24. The van der Waals surface area contributed by atoms with Crippen LogP contribution in [0.2, 0.25) is 0 Å². The monoisotopic (exact) mass is 480 g/mol. The minimum Gasteiger partial charge on any atom is -0.385 e. The molecule has 1 aromatic carbocycles. The van der Waals surface area contributed by atoms with Crippen LogP contribution < -0.4 is 21.9 Å². The van der Waals surface area contributed by atoms with Gasteiger partial charge in [-0.1, -0.05) is 30.3 Å². The first-order valence-electron chi connectivity index (χ1n) is 12.8. The molecule has 35 heavy (non-hydrogen) atoms. The highest BCUT2D eigenvalue weighted by molar-refractivity contribution is 5.96. The van der Waals surface area contributed by atoms with Gasteiger partial charge in [0.05, 0.1) is 6.54 Å². The van der Waals surface area contributed by atoms with Crippen LogP contribution in [0.1, 0.15) is 56.9 Å². The number of hydrogen-bond acceptors (Lipinski definition) is 5. The fourth-order valence-corrected chi connectivity index (χ4v) is 7.41. The van der Waals surface area contributed by atoms with Crippen LogP contribution in [0.15, 0.2) is 39.9 Å². The van der Waals surface area contributed by atoms with Gasteiger partial charge < -0.3 is 15.4 Å². The number of carbonyl (C=O) groups is 1. The number of H-pyrrole nitrogens is 1. The summed E-state index contributed by atoms with van der Waals surface area (Å²) in [4.78, 5) is 43.5. The Morgan fingerprint density at radius 1 is 1.11 bits per heavy atom. The number of nitrogens with zero attached hydrogens (tertiary/aromatic N) is 2. The normalized spacial score (nSPS) is 26.7. The van der Waals surface area contributed by atoms with E-state index in [2.05, 4.69) is 4.98 Å². The van der Waals surface area contributed by atoms with Gasteiger partial charge in [0.25, 0.3) is 5.56 Å². The smallest absolute Gasteiger partial charge is 0.330 e. The average molecular weight is 481 g/mol. The van der Waals surface area contributed by atoms with Crippen molar-refractivity contribution < 1.29 is 9.53 Å². The van der Waals surface area contributed by atoms with Crippen molar-refractivity contribution in [3.05, 3.63) is 56.7 Å². The molecule has 4 bridgehead atoms. The van der Waals surface area contributed by atoms with Crippen molar-refractivity contribution in [1.29, 1.82) is 0 Å². The number of ether oxygens (including phenoxy) is 1. The molecule has 0 radical (unpaired) electrons. The zero-order valence-corrected chi connectivity index (χ0v) is 20.5. The summed E-state index contributed by atoms with van der Waals surface area (Å²) in [6.45, 7) is 0.989. The van der Waals surface area contributed by atoms with Crippen LogP contribution in [0, 0.1) is 23.2 Å². The van der Waals surface area contributed by atoms with E-state index >= 15 is 0 Å². The van der Waals surface area contributed by atoms with E-state index in [-0.39, 0.29) is 29.4 Å². The van der Waals surface area contributed by atoms with Crippen LogP contribution in [0.4, 0.5) is 11.5 Å². The van der Waals surface area contributed by atoms with Crippen LogP contribution in [0.25, 0.3) is 0 Å². The molecule has 8 nitrogen and oxygen atoms in total. The summed E-state index contributed by atoms with van der Waals surface area (Å²) in [6, 6.07) is 9.45. The molecule has 4 fully saturated rings. The van der Waals surface area contributed by atoms with Gasteiger partial charge in [0.1, 0.15) is 5.82 Å². The molecule has 0 saturated heterocycles. The first kappa shape index (κ1) is 23.9. The molecule has 2 aromatic rings. The number of benzene rings is 1. The van der Waals surface area contributed by atoms with Gasteiger partial charge in [-0.25, -0.2) is 4.79 Å². The number of nitrogens with one attached hydrogen (secondary N) is 1. The zero-order chi connectivity index (χ0) is 24.6. The Kier molecular flexibility index (Phi) is 6.57. The van der Waals surface area contributed by atoms with Gasteiger partial charge in [-0.15, -0.1) is 0 Å². The third-order valence-electron chi connectivity index (χ3n) is 8.39. The first-order valence-corrected chi connectivity index (χ1v) is 12.8. The fraction of sp³-hybridized carbons (Fsp3) is 0.593. The van der Waals surface area contributed by atoms with Gasteiger partial charge in [0.2, 0.25) is 5.91 Å². The molecule has 0 atom stereocenters. The van der Waals surface area contributed by atoms with Crippen molar-refractivity contribution in [3.63, 3.8) is 0 Å². The number of nitrogen functional groups attached to an aromatic ring is 1. The lowest BCUT2D eigenvalue weighted by Gasteiger charge is -2.57. The molecule has 1 amide bonds. The molecular formula is C27H36N4O4. The van der Waals surface area contributed by atoms with Gasteiger partial charge in [0.15, 0.2) is 5.69 Å². The quantitative estimate of drug-likeness (QED) is 0.536. The van der Waals surface area contributed by atoms with E-state index < -0.39 is 11.2 Å². The highest BCUT2D eigenvalue weighted by Gasteiger charge is 2.52. The number of hydrogen-bond donors (Lipinski definition) is 2. The second-order valence-corrected chi connectivity index (χ2v) is 11.1. The predicted octanol–water partition coefficient (Wildman–Crippen LogP) is 3.14. The molecular weight excluding hydrogens is 444 g/mol. The van der Waals surface area contributed by atoms with E-state index in [9.17, 15) is 14.4 Å². The van der Waals surface area contributed by atoms with Gasteiger partial charge in [0, 0.05) is 26.7 Å². The molecule has 8 heteroatoms. The van der Waals surface area contributed by atoms with E-state index in [0.29, 0.717) is 26.0 Å². The van der Waals surface area contributed by atoms with Crippen LogP contribution >= 0.6 is 0 Å². The number of nitrogens with two attached hydrogens (primary N) is 1. The fourth-order valence-electron chi connectivity index (χ4n) is 7.41. The van der Waals surface area contributed by atoms with Crippen LogP contribution in [-0.4, -0.2) is 35.7 Å². The largest absolute Gasteiger partial charge is 0.385 e. The Labute approximate surface area is 205 Å². The topological polar surface area (TPSA) is 110 Å². The molecule has 1 heterocycles. The lowest BCUT2D eigenvalue weighted by Crippen LogP contribution is -2.49. The number of anilines is 2. The Hall–Kier alpha value is -2.87. The van der Waals surface area contributed by atoms with E-state index in [0.717, 1.165) is 42.6 Å². The number of methoxy groups -OCH3 is 1. The third kappa shape index (κ3) is 4.81. The Balaban J connectivity index is 1.47. The highest BCUT2D eigenvalue weighted by atomic mass is 16.5. The molecule has 1 aromatic heterocycles. The van der Waals surface area contributed by atoms with E-state index in [4.69, 9.17) is 10.5 Å². The summed E-state index contributed by atoms with van der Waals surface area (Å²) in [5.41, 5.74) is 6.25. The maximum Gasteiger partial charge on any atom is 0.330 e. The summed E-state index contributed by atoms with van der Waals surface area (Å²) in [5.74, 6) is 2.15. The second-order valence-electron chi connectivity index (χ2n) is 11.1. The predicted molar refractivity (Wildman–Crippen MR) is 135 cm³/mol. The first-order chi connectivity index (χ1) is 16.9. The summed E-state index contributed by atoms with van der Waals surface area (Å²) in [7, 11) is 1.61. The van der Waals surface area contributed by atoms with Gasteiger partial charge in [-0.3, -0.25) is 19.1 Å². The van der Waals surface area contributed by atoms with Crippen molar-refractivity contribution in [2.75, 3.05) is 30.9 Å². The summed E-state index contributed by atoms with van der Waals surface area (Å²) >= 11 is 0. The number of aromatic nitrogens is 2. The van der Waals surface area contributed by atoms with Crippen molar-refractivity contribution >= 4 is 17.4 Å². The van der Waals surface area contributed by atoms with Gasteiger partial charge in [-0.2, -0.15) is 0 Å². The second kappa shape index (κ2) is 9.64. The SMILES string of the molecule is COCCCN(C(=O)CC12CC3CC(CC(C3)C1)C2)c1c(N)n(Cc2ccccc2)c(=O)[nH]c1=O. The molecule has 4 aliphatic carbocycles. The molecule has 3 N–H and O–H groups in total. The van der Waals surface area contributed by atoms with Gasteiger partial charge >= 0.3 is 5.69 Å². The van der Waals surface area contributed by atoms with Crippen molar-refractivity contribution in [3.8, 4) is 0 Å². The molecule has 188 valence electrons. The zero-order valence-electron chi connectivity index (χ0n) is 20.5.